The lowest BCUT2D eigenvalue weighted by molar-refractivity contribution is -0.141. The third-order valence-corrected chi connectivity index (χ3v) is 6.37. The summed E-state index contributed by atoms with van der Waals surface area (Å²) < 4.78 is 0. The van der Waals surface area contributed by atoms with Gasteiger partial charge in [-0.1, -0.05) is 104 Å². The Kier molecular flexibility index (Phi) is 10.2. The summed E-state index contributed by atoms with van der Waals surface area (Å²) in [7, 11) is 0. The van der Waals surface area contributed by atoms with Crippen LogP contribution in [-0.2, 0) is 29.0 Å². The van der Waals surface area contributed by atoms with Gasteiger partial charge in [0.1, 0.15) is 6.04 Å². The molecule has 0 aromatic heterocycles. The van der Waals surface area contributed by atoms with Gasteiger partial charge in [-0.3, -0.25) is 9.59 Å². The molecule has 1 N–H and O–H groups in total. The van der Waals surface area contributed by atoms with Crippen LogP contribution in [0.25, 0.3) is 0 Å². The molecule has 0 heterocycles. The Morgan fingerprint density at radius 3 is 2.11 bits per heavy atom. The first kappa shape index (κ1) is 26.8. The number of amides is 2. The van der Waals surface area contributed by atoms with Crippen molar-refractivity contribution in [2.45, 2.75) is 45.7 Å². The highest BCUT2D eigenvalue weighted by atomic mass is 35.5. The summed E-state index contributed by atoms with van der Waals surface area (Å²) in [6, 6.07) is 24.2. The third-order valence-electron chi connectivity index (χ3n) is 5.78. The fourth-order valence-electron chi connectivity index (χ4n) is 3.85. The van der Waals surface area contributed by atoms with E-state index >= 15 is 0 Å². The van der Waals surface area contributed by atoms with Gasteiger partial charge in [-0.15, -0.1) is 0 Å². The molecule has 0 bridgehead atoms. The molecule has 0 aliphatic carbocycles. The van der Waals surface area contributed by atoms with Crippen LogP contribution in [0.5, 0.6) is 0 Å². The summed E-state index contributed by atoms with van der Waals surface area (Å²) in [6.45, 7) is 4.85. The molecule has 0 aliphatic rings. The molecule has 1 atom stereocenters. The third kappa shape index (κ3) is 8.41. The van der Waals surface area contributed by atoms with Crippen LogP contribution in [-0.4, -0.2) is 29.3 Å². The van der Waals surface area contributed by atoms with E-state index in [0.29, 0.717) is 35.3 Å². The topological polar surface area (TPSA) is 49.4 Å². The summed E-state index contributed by atoms with van der Waals surface area (Å²) in [6.07, 6.45) is 1.29. The summed E-state index contributed by atoms with van der Waals surface area (Å²) >= 11 is 12.6. The Balaban J connectivity index is 1.92. The fourth-order valence-corrected chi connectivity index (χ4v) is 4.32. The number of nitrogens with zero attached hydrogens (tertiary/aromatic N) is 1. The minimum Gasteiger partial charge on any atom is -0.354 e. The van der Waals surface area contributed by atoms with Crippen molar-refractivity contribution in [3.63, 3.8) is 0 Å². The van der Waals surface area contributed by atoms with E-state index in [4.69, 9.17) is 23.2 Å². The van der Waals surface area contributed by atoms with Crippen molar-refractivity contribution in [3.05, 3.63) is 106 Å². The number of nitrogens with one attached hydrogen (secondary N) is 1. The molecule has 0 fully saturated rings. The molecule has 6 heteroatoms. The minimum absolute atomic E-state index is 0.0968. The van der Waals surface area contributed by atoms with Gasteiger partial charge in [-0.2, -0.15) is 0 Å². The standard InChI is InChI=1S/C29H32Cl2N2O2/c1-21(2)19-32-29(35)27(17-23-11-7-4-8-12-23)33(20-24-14-15-25(30)18-26(24)31)28(34)16-13-22-9-5-3-6-10-22/h3-12,14-15,18,21,27H,13,16-17,19-20H2,1-2H3,(H,32,35). The van der Waals surface area contributed by atoms with Crippen LogP contribution >= 0.6 is 23.2 Å². The maximum absolute atomic E-state index is 13.7. The largest absolute Gasteiger partial charge is 0.354 e. The molecule has 3 rings (SSSR count). The number of carbonyl (C=O) groups is 2. The number of rotatable bonds is 11. The highest BCUT2D eigenvalue weighted by molar-refractivity contribution is 6.35. The van der Waals surface area contributed by atoms with Crippen molar-refractivity contribution < 1.29 is 9.59 Å². The van der Waals surface area contributed by atoms with Gasteiger partial charge in [0, 0.05) is 36.0 Å². The van der Waals surface area contributed by atoms with Crippen LogP contribution in [0.15, 0.2) is 78.9 Å². The molecule has 0 radical (unpaired) electrons. The van der Waals surface area contributed by atoms with Crippen LogP contribution in [0.4, 0.5) is 0 Å². The van der Waals surface area contributed by atoms with Crippen molar-refractivity contribution in [1.82, 2.24) is 10.2 Å². The lowest BCUT2D eigenvalue weighted by Crippen LogP contribution is -2.51. The van der Waals surface area contributed by atoms with Gasteiger partial charge in [0.2, 0.25) is 11.8 Å². The van der Waals surface area contributed by atoms with E-state index < -0.39 is 6.04 Å². The van der Waals surface area contributed by atoms with Crippen molar-refractivity contribution in [2.24, 2.45) is 5.92 Å². The number of benzene rings is 3. The number of hydrogen-bond donors (Lipinski definition) is 1. The van der Waals surface area contributed by atoms with Gasteiger partial charge >= 0.3 is 0 Å². The van der Waals surface area contributed by atoms with Crippen LogP contribution in [0.2, 0.25) is 10.0 Å². The molecule has 4 nitrogen and oxygen atoms in total. The first-order valence-electron chi connectivity index (χ1n) is 11.9. The van der Waals surface area contributed by atoms with E-state index in [1.807, 2.05) is 80.6 Å². The zero-order valence-electron chi connectivity index (χ0n) is 20.2. The van der Waals surface area contributed by atoms with E-state index in [1.54, 1.807) is 17.0 Å². The second-order valence-electron chi connectivity index (χ2n) is 9.09. The average molecular weight is 511 g/mol. The van der Waals surface area contributed by atoms with Crippen LogP contribution in [0.1, 0.15) is 37.0 Å². The molecule has 0 spiro atoms. The summed E-state index contributed by atoms with van der Waals surface area (Å²) in [5.41, 5.74) is 2.81. The van der Waals surface area contributed by atoms with E-state index in [1.165, 1.54) is 0 Å². The minimum atomic E-state index is -0.675. The molecule has 3 aromatic rings. The second-order valence-corrected chi connectivity index (χ2v) is 9.93. The molecule has 1 unspecified atom stereocenters. The smallest absolute Gasteiger partial charge is 0.243 e. The monoisotopic (exact) mass is 510 g/mol. The van der Waals surface area contributed by atoms with Crippen LogP contribution < -0.4 is 5.32 Å². The van der Waals surface area contributed by atoms with Crippen LogP contribution in [0, 0.1) is 5.92 Å². The summed E-state index contributed by atoms with van der Waals surface area (Å²) in [5.74, 6) is 0.0328. The fraction of sp³-hybridized carbons (Fsp3) is 0.310. The van der Waals surface area contributed by atoms with Crippen molar-refractivity contribution in [3.8, 4) is 0 Å². The Morgan fingerprint density at radius 1 is 0.886 bits per heavy atom. The Morgan fingerprint density at radius 2 is 1.51 bits per heavy atom. The highest BCUT2D eigenvalue weighted by Gasteiger charge is 2.30. The maximum atomic E-state index is 13.7. The lowest BCUT2D eigenvalue weighted by Gasteiger charge is -2.32. The zero-order chi connectivity index (χ0) is 25.2. The van der Waals surface area contributed by atoms with E-state index in [2.05, 4.69) is 5.32 Å². The first-order valence-corrected chi connectivity index (χ1v) is 12.7. The molecule has 0 saturated heterocycles. The van der Waals surface area contributed by atoms with Gasteiger partial charge < -0.3 is 10.2 Å². The predicted molar refractivity (Wildman–Crippen MR) is 144 cm³/mol. The van der Waals surface area contributed by atoms with Gasteiger partial charge in [0.05, 0.1) is 0 Å². The normalized spacial score (nSPS) is 11.8. The highest BCUT2D eigenvalue weighted by Crippen LogP contribution is 2.24. The van der Waals surface area contributed by atoms with E-state index in [-0.39, 0.29) is 24.8 Å². The quantitative estimate of drug-likeness (QED) is 0.327. The number of halogens is 2. The first-order chi connectivity index (χ1) is 16.8. The van der Waals surface area contributed by atoms with E-state index in [9.17, 15) is 9.59 Å². The van der Waals surface area contributed by atoms with Crippen molar-refractivity contribution >= 4 is 35.0 Å². The molecular formula is C29H32Cl2N2O2. The summed E-state index contributed by atoms with van der Waals surface area (Å²) in [4.78, 5) is 28.8. The van der Waals surface area contributed by atoms with Crippen molar-refractivity contribution in [1.29, 1.82) is 0 Å². The van der Waals surface area contributed by atoms with E-state index in [0.717, 1.165) is 16.7 Å². The maximum Gasteiger partial charge on any atom is 0.243 e. The van der Waals surface area contributed by atoms with Crippen molar-refractivity contribution in [2.75, 3.05) is 6.54 Å². The van der Waals surface area contributed by atoms with Crippen LogP contribution in [0.3, 0.4) is 0 Å². The summed E-state index contributed by atoms with van der Waals surface area (Å²) in [5, 5.41) is 4.03. The van der Waals surface area contributed by atoms with Gasteiger partial charge in [-0.25, -0.2) is 0 Å². The lowest BCUT2D eigenvalue weighted by atomic mass is 10.0. The molecule has 3 aromatic carbocycles. The number of hydrogen-bond acceptors (Lipinski definition) is 2. The molecule has 184 valence electrons. The Hall–Kier alpha value is -2.82. The van der Waals surface area contributed by atoms with Gasteiger partial charge in [-0.05, 0) is 41.2 Å². The molecule has 35 heavy (non-hydrogen) atoms. The number of aryl methyl sites for hydroxylation is 1. The molecule has 0 saturated carbocycles. The number of carbonyl (C=O) groups excluding carboxylic acids is 2. The van der Waals surface area contributed by atoms with Gasteiger partial charge in [0.25, 0.3) is 0 Å². The Bertz CT molecular complexity index is 1100. The average Bonchev–Trinajstić information content (AvgIpc) is 2.85. The SMILES string of the molecule is CC(C)CNC(=O)C(Cc1ccccc1)N(Cc1ccc(Cl)cc1Cl)C(=O)CCc1ccccc1. The molecular weight excluding hydrogens is 479 g/mol. The molecule has 2 amide bonds. The zero-order valence-corrected chi connectivity index (χ0v) is 21.7. The Labute approximate surface area is 218 Å². The second kappa shape index (κ2) is 13.3. The van der Waals surface area contributed by atoms with Gasteiger partial charge in [0.15, 0.2) is 0 Å². The molecule has 0 aliphatic heterocycles. The predicted octanol–water partition coefficient (Wildman–Crippen LogP) is 6.34.